The third-order valence-corrected chi connectivity index (χ3v) is 5.04. The standard InChI is InChI=1S/C17H20IN3/c1-9-7-10(2)13(11(3)8-9)16-20-15(12-5-6-12)14(18)17(19-4)21-16/h7-8,12H,5-6H2,1-4H3,(H,19,20,21). The SMILES string of the molecule is CNc1nc(-c2c(C)cc(C)cc2C)nc(C2CC2)c1I. The molecule has 2 aromatic rings. The quantitative estimate of drug-likeness (QED) is 0.775. The first-order valence-corrected chi connectivity index (χ1v) is 8.42. The second-order valence-electron chi connectivity index (χ2n) is 5.89. The monoisotopic (exact) mass is 393 g/mol. The average Bonchev–Trinajstić information content (AvgIpc) is 3.23. The molecule has 1 heterocycles. The van der Waals surface area contributed by atoms with Gasteiger partial charge in [-0.05, 0) is 67.3 Å². The molecule has 0 atom stereocenters. The molecule has 0 aliphatic heterocycles. The third kappa shape index (κ3) is 2.78. The molecule has 1 aliphatic rings. The Morgan fingerprint density at radius 3 is 2.24 bits per heavy atom. The van der Waals surface area contributed by atoms with Crippen LogP contribution in [0.4, 0.5) is 5.82 Å². The van der Waals surface area contributed by atoms with Crippen molar-refractivity contribution in [3.05, 3.63) is 38.1 Å². The van der Waals surface area contributed by atoms with Crippen molar-refractivity contribution in [2.75, 3.05) is 12.4 Å². The van der Waals surface area contributed by atoms with Gasteiger partial charge in [0.15, 0.2) is 5.82 Å². The fraction of sp³-hybridized carbons (Fsp3) is 0.412. The summed E-state index contributed by atoms with van der Waals surface area (Å²) in [7, 11) is 1.93. The summed E-state index contributed by atoms with van der Waals surface area (Å²) in [6.07, 6.45) is 2.50. The zero-order valence-electron chi connectivity index (χ0n) is 12.9. The molecule has 110 valence electrons. The first-order valence-electron chi connectivity index (χ1n) is 7.34. The first-order chi connectivity index (χ1) is 10.0. The molecule has 1 saturated carbocycles. The zero-order valence-corrected chi connectivity index (χ0v) is 15.1. The summed E-state index contributed by atoms with van der Waals surface area (Å²) in [6, 6.07) is 4.42. The smallest absolute Gasteiger partial charge is 0.162 e. The van der Waals surface area contributed by atoms with E-state index in [1.54, 1.807) is 0 Å². The number of benzene rings is 1. The van der Waals surface area contributed by atoms with Crippen LogP contribution in [0.25, 0.3) is 11.4 Å². The van der Waals surface area contributed by atoms with Gasteiger partial charge in [0.2, 0.25) is 0 Å². The van der Waals surface area contributed by atoms with E-state index in [1.807, 2.05) is 7.05 Å². The Morgan fingerprint density at radius 1 is 1.10 bits per heavy atom. The first kappa shape index (κ1) is 14.8. The summed E-state index contributed by atoms with van der Waals surface area (Å²) in [6.45, 7) is 6.42. The minimum Gasteiger partial charge on any atom is -0.372 e. The van der Waals surface area contributed by atoms with E-state index in [4.69, 9.17) is 9.97 Å². The van der Waals surface area contributed by atoms with E-state index in [-0.39, 0.29) is 0 Å². The maximum atomic E-state index is 4.91. The van der Waals surface area contributed by atoms with Crippen LogP contribution in [0.15, 0.2) is 12.1 Å². The largest absolute Gasteiger partial charge is 0.372 e. The fourth-order valence-corrected chi connectivity index (χ4v) is 3.85. The van der Waals surface area contributed by atoms with Gasteiger partial charge < -0.3 is 5.32 Å². The van der Waals surface area contributed by atoms with Gasteiger partial charge in [-0.3, -0.25) is 0 Å². The van der Waals surface area contributed by atoms with Crippen LogP contribution in [0.1, 0.15) is 41.1 Å². The lowest BCUT2D eigenvalue weighted by Gasteiger charge is -2.14. The van der Waals surface area contributed by atoms with Crippen molar-refractivity contribution < 1.29 is 0 Å². The molecule has 3 nitrogen and oxygen atoms in total. The molecule has 0 saturated heterocycles. The number of rotatable bonds is 3. The van der Waals surface area contributed by atoms with E-state index in [9.17, 15) is 0 Å². The van der Waals surface area contributed by atoms with Gasteiger partial charge in [-0.2, -0.15) is 0 Å². The number of aromatic nitrogens is 2. The van der Waals surface area contributed by atoms with E-state index >= 15 is 0 Å². The Balaban J connectivity index is 2.21. The van der Waals surface area contributed by atoms with Crippen LogP contribution in [-0.2, 0) is 0 Å². The maximum Gasteiger partial charge on any atom is 0.162 e. The Bertz CT molecular complexity index is 682. The molecular weight excluding hydrogens is 373 g/mol. The topological polar surface area (TPSA) is 37.8 Å². The lowest BCUT2D eigenvalue weighted by Crippen LogP contribution is -2.06. The van der Waals surface area contributed by atoms with E-state index in [2.05, 4.69) is 60.8 Å². The van der Waals surface area contributed by atoms with E-state index < -0.39 is 0 Å². The normalized spacial score (nSPS) is 14.3. The minimum absolute atomic E-state index is 0.622. The highest BCUT2D eigenvalue weighted by molar-refractivity contribution is 14.1. The molecule has 0 bridgehead atoms. The number of nitrogens with zero attached hydrogens (tertiary/aromatic N) is 2. The van der Waals surface area contributed by atoms with E-state index in [0.29, 0.717) is 5.92 Å². The Hall–Kier alpha value is -1.17. The Kier molecular flexibility index (Phi) is 3.90. The molecule has 0 unspecified atom stereocenters. The van der Waals surface area contributed by atoms with Gasteiger partial charge in [-0.1, -0.05) is 17.7 Å². The highest BCUT2D eigenvalue weighted by atomic mass is 127. The van der Waals surface area contributed by atoms with Crippen molar-refractivity contribution in [1.82, 2.24) is 9.97 Å². The fourth-order valence-electron chi connectivity index (χ4n) is 2.90. The number of halogens is 1. The number of aryl methyl sites for hydroxylation is 3. The van der Waals surface area contributed by atoms with Gasteiger partial charge in [-0.15, -0.1) is 0 Å². The summed E-state index contributed by atoms with van der Waals surface area (Å²) in [4.78, 5) is 9.66. The molecule has 1 aliphatic carbocycles. The summed E-state index contributed by atoms with van der Waals surface area (Å²) >= 11 is 2.37. The van der Waals surface area contributed by atoms with E-state index in [0.717, 1.165) is 11.6 Å². The molecule has 1 fully saturated rings. The van der Waals surface area contributed by atoms with Gasteiger partial charge in [0.1, 0.15) is 5.82 Å². The predicted molar refractivity (Wildman–Crippen MR) is 95.9 cm³/mol. The number of hydrogen-bond donors (Lipinski definition) is 1. The molecule has 1 aromatic carbocycles. The minimum atomic E-state index is 0.622. The van der Waals surface area contributed by atoms with Crippen LogP contribution in [0.2, 0.25) is 0 Å². The van der Waals surface area contributed by atoms with Gasteiger partial charge in [0.25, 0.3) is 0 Å². The predicted octanol–water partition coefficient (Wildman–Crippen LogP) is 4.59. The van der Waals surface area contributed by atoms with Crippen molar-refractivity contribution in [3.8, 4) is 11.4 Å². The van der Waals surface area contributed by atoms with Crippen LogP contribution < -0.4 is 5.32 Å². The Labute approximate surface area is 139 Å². The number of nitrogens with one attached hydrogen (secondary N) is 1. The van der Waals surface area contributed by atoms with Crippen molar-refractivity contribution in [2.24, 2.45) is 0 Å². The number of anilines is 1. The lowest BCUT2D eigenvalue weighted by atomic mass is 9.99. The molecule has 1 aromatic heterocycles. The van der Waals surface area contributed by atoms with Gasteiger partial charge in [0, 0.05) is 18.5 Å². The van der Waals surface area contributed by atoms with Crippen molar-refractivity contribution >= 4 is 28.4 Å². The molecule has 0 amide bonds. The molecule has 21 heavy (non-hydrogen) atoms. The molecule has 1 N–H and O–H groups in total. The lowest BCUT2D eigenvalue weighted by molar-refractivity contribution is 0.976. The molecular formula is C17H20IN3. The molecule has 4 heteroatoms. The van der Waals surface area contributed by atoms with Gasteiger partial charge in [-0.25, -0.2) is 9.97 Å². The van der Waals surface area contributed by atoms with Crippen LogP contribution >= 0.6 is 22.6 Å². The molecule has 0 radical (unpaired) electrons. The van der Waals surface area contributed by atoms with Crippen molar-refractivity contribution in [3.63, 3.8) is 0 Å². The van der Waals surface area contributed by atoms with Crippen LogP contribution in [-0.4, -0.2) is 17.0 Å². The maximum absolute atomic E-state index is 4.91. The van der Waals surface area contributed by atoms with E-state index in [1.165, 1.54) is 44.4 Å². The summed E-state index contributed by atoms with van der Waals surface area (Å²) in [5.74, 6) is 2.43. The highest BCUT2D eigenvalue weighted by Gasteiger charge is 2.29. The van der Waals surface area contributed by atoms with Crippen molar-refractivity contribution in [1.29, 1.82) is 0 Å². The molecule has 3 rings (SSSR count). The summed E-state index contributed by atoms with van der Waals surface area (Å²) in [5, 5.41) is 3.22. The van der Waals surface area contributed by atoms with Crippen LogP contribution in [0.5, 0.6) is 0 Å². The second-order valence-corrected chi connectivity index (χ2v) is 6.97. The van der Waals surface area contributed by atoms with Gasteiger partial charge >= 0.3 is 0 Å². The average molecular weight is 393 g/mol. The summed E-state index contributed by atoms with van der Waals surface area (Å²) in [5.41, 5.74) is 6.17. The number of hydrogen-bond acceptors (Lipinski definition) is 3. The van der Waals surface area contributed by atoms with Gasteiger partial charge in [0.05, 0.1) is 9.26 Å². The van der Waals surface area contributed by atoms with Crippen LogP contribution in [0, 0.1) is 24.3 Å². The zero-order chi connectivity index (χ0) is 15.1. The van der Waals surface area contributed by atoms with Crippen molar-refractivity contribution in [2.45, 2.75) is 39.5 Å². The Morgan fingerprint density at radius 2 is 1.71 bits per heavy atom. The second kappa shape index (κ2) is 5.55. The molecule has 0 spiro atoms. The highest BCUT2D eigenvalue weighted by Crippen LogP contribution is 2.43. The summed E-state index contributed by atoms with van der Waals surface area (Å²) < 4.78 is 1.17. The third-order valence-electron chi connectivity index (χ3n) is 3.98. The van der Waals surface area contributed by atoms with Crippen LogP contribution in [0.3, 0.4) is 0 Å².